The van der Waals surface area contributed by atoms with E-state index in [1.54, 1.807) is 13.1 Å². The van der Waals surface area contributed by atoms with Crippen molar-refractivity contribution >= 4 is 17.9 Å². The summed E-state index contributed by atoms with van der Waals surface area (Å²) in [6, 6.07) is 15.2. The summed E-state index contributed by atoms with van der Waals surface area (Å²) < 4.78 is 11.2. The number of aromatic nitrogens is 1. The molecule has 0 fully saturated rings. The van der Waals surface area contributed by atoms with Crippen LogP contribution in [0.3, 0.4) is 0 Å². The number of nitrogens with zero attached hydrogens (tertiary/aromatic N) is 1. The van der Waals surface area contributed by atoms with Gasteiger partial charge < -0.3 is 25.9 Å². The van der Waals surface area contributed by atoms with Crippen molar-refractivity contribution in [3.8, 4) is 16.9 Å². The van der Waals surface area contributed by atoms with Crippen molar-refractivity contribution in [1.82, 2.24) is 4.98 Å². The first kappa shape index (κ1) is 23.0. The van der Waals surface area contributed by atoms with Crippen LogP contribution in [0.15, 0.2) is 54.7 Å². The van der Waals surface area contributed by atoms with Crippen molar-refractivity contribution in [2.45, 2.75) is 26.5 Å². The fraction of sp³-hybridized carbons (Fsp3) is 0.240. The van der Waals surface area contributed by atoms with E-state index >= 15 is 0 Å². The summed E-state index contributed by atoms with van der Waals surface area (Å²) in [5, 5.41) is 11.1. The van der Waals surface area contributed by atoms with Crippen molar-refractivity contribution in [3.63, 3.8) is 0 Å². The fourth-order valence-corrected chi connectivity index (χ4v) is 3.47. The van der Waals surface area contributed by atoms with E-state index in [4.69, 9.17) is 20.6 Å². The molecule has 0 atom stereocenters. The molecule has 32 heavy (non-hydrogen) atoms. The van der Waals surface area contributed by atoms with E-state index in [2.05, 4.69) is 10.3 Å². The van der Waals surface area contributed by atoms with Gasteiger partial charge in [0.2, 0.25) is 0 Å². The standard InChI is InChI=1S/C25H28N4O3/c1-3-31-25(30)13-19-6-4-5-7-24(19)32-16-17-10-21(22(15-27)23(11-17)28-2)18-8-9-29-20(12-18)14-26/h4-12,15,27-28H,3,13-14,16,26H2,1-2H3. The molecule has 0 aliphatic carbocycles. The van der Waals surface area contributed by atoms with Crippen molar-refractivity contribution in [2.24, 2.45) is 5.73 Å². The van der Waals surface area contributed by atoms with Gasteiger partial charge in [0, 0.05) is 42.8 Å². The van der Waals surface area contributed by atoms with Gasteiger partial charge in [0.25, 0.3) is 0 Å². The highest BCUT2D eigenvalue weighted by molar-refractivity contribution is 5.96. The minimum Gasteiger partial charge on any atom is -0.489 e. The molecule has 0 bridgehead atoms. The number of esters is 1. The van der Waals surface area contributed by atoms with E-state index in [0.29, 0.717) is 25.5 Å². The second kappa shape index (κ2) is 11.1. The van der Waals surface area contributed by atoms with E-state index < -0.39 is 0 Å². The van der Waals surface area contributed by atoms with Crippen molar-refractivity contribution in [3.05, 3.63) is 77.1 Å². The number of benzene rings is 2. The number of carbonyl (C=O) groups is 1. The number of hydrogen-bond donors (Lipinski definition) is 3. The van der Waals surface area contributed by atoms with Gasteiger partial charge in [-0.25, -0.2) is 0 Å². The zero-order valence-electron chi connectivity index (χ0n) is 18.4. The summed E-state index contributed by atoms with van der Waals surface area (Å²) in [4.78, 5) is 16.2. The van der Waals surface area contributed by atoms with Crippen molar-refractivity contribution < 1.29 is 14.3 Å². The monoisotopic (exact) mass is 432 g/mol. The molecule has 0 saturated carbocycles. The predicted molar refractivity (Wildman–Crippen MR) is 126 cm³/mol. The maximum absolute atomic E-state index is 11.9. The first-order valence-corrected chi connectivity index (χ1v) is 10.5. The van der Waals surface area contributed by atoms with E-state index in [-0.39, 0.29) is 12.4 Å². The molecule has 2 aromatic carbocycles. The second-order valence-corrected chi connectivity index (χ2v) is 7.12. The highest BCUT2D eigenvalue weighted by atomic mass is 16.5. The van der Waals surface area contributed by atoms with Crippen LogP contribution in [0.25, 0.3) is 11.1 Å². The van der Waals surface area contributed by atoms with Crippen LogP contribution < -0.4 is 15.8 Å². The number of rotatable bonds is 10. The number of pyridine rings is 1. The Bertz CT molecular complexity index is 1100. The third-order valence-corrected chi connectivity index (χ3v) is 5.00. The Hall–Kier alpha value is -3.71. The number of ether oxygens (including phenoxy) is 2. The topological polar surface area (TPSA) is 110 Å². The van der Waals surface area contributed by atoms with Gasteiger partial charge >= 0.3 is 5.97 Å². The number of anilines is 1. The van der Waals surface area contributed by atoms with Crippen LogP contribution in [0.1, 0.15) is 29.3 Å². The molecule has 0 saturated heterocycles. The van der Waals surface area contributed by atoms with Gasteiger partial charge in [0.1, 0.15) is 12.4 Å². The minimum absolute atomic E-state index is 0.155. The van der Waals surface area contributed by atoms with E-state index in [9.17, 15) is 4.79 Å². The van der Waals surface area contributed by atoms with Gasteiger partial charge in [0.05, 0.1) is 18.7 Å². The second-order valence-electron chi connectivity index (χ2n) is 7.12. The summed E-state index contributed by atoms with van der Waals surface area (Å²) >= 11 is 0. The van der Waals surface area contributed by atoms with Crippen LogP contribution in [-0.4, -0.2) is 30.8 Å². The number of nitrogens with two attached hydrogens (primary N) is 1. The lowest BCUT2D eigenvalue weighted by atomic mass is 9.96. The van der Waals surface area contributed by atoms with Crippen LogP contribution in [-0.2, 0) is 29.1 Å². The molecule has 1 heterocycles. The molecule has 0 spiro atoms. The lowest BCUT2D eigenvalue weighted by molar-refractivity contribution is -0.142. The molecule has 166 valence electrons. The van der Waals surface area contributed by atoms with Crippen LogP contribution in [0.2, 0.25) is 0 Å². The van der Waals surface area contributed by atoms with E-state index in [1.165, 1.54) is 6.21 Å². The molecule has 3 rings (SSSR count). The smallest absolute Gasteiger partial charge is 0.310 e. The largest absolute Gasteiger partial charge is 0.489 e. The number of hydrogen-bond acceptors (Lipinski definition) is 7. The molecule has 7 heteroatoms. The first-order chi connectivity index (χ1) is 15.6. The molecule has 3 aromatic rings. The Morgan fingerprint density at radius 3 is 2.75 bits per heavy atom. The van der Waals surface area contributed by atoms with E-state index in [0.717, 1.165) is 39.2 Å². The summed E-state index contributed by atoms with van der Waals surface area (Å²) in [5.41, 5.74) is 11.7. The molecule has 0 unspecified atom stereocenters. The molecule has 7 nitrogen and oxygen atoms in total. The van der Waals surface area contributed by atoms with Crippen LogP contribution in [0.4, 0.5) is 5.69 Å². The quantitative estimate of drug-likeness (QED) is 0.331. The molecule has 0 amide bonds. The van der Waals surface area contributed by atoms with Gasteiger partial charge in [-0.1, -0.05) is 18.2 Å². The third kappa shape index (κ3) is 5.50. The summed E-state index contributed by atoms with van der Waals surface area (Å²) in [5.74, 6) is 0.352. The summed E-state index contributed by atoms with van der Waals surface area (Å²) in [6.07, 6.45) is 3.21. The average Bonchev–Trinajstić information content (AvgIpc) is 2.83. The number of para-hydroxylation sites is 1. The van der Waals surface area contributed by atoms with Gasteiger partial charge in [-0.15, -0.1) is 0 Å². The van der Waals surface area contributed by atoms with Crippen LogP contribution in [0.5, 0.6) is 5.75 Å². The minimum atomic E-state index is -0.285. The molecule has 0 radical (unpaired) electrons. The Kier molecular flexibility index (Phi) is 7.94. The Morgan fingerprint density at radius 2 is 2.03 bits per heavy atom. The van der Waals surface area contributed by atoms with Crippen LogP contribution in [0, 0.1) is 5.41 Å². The first-order valence-electron chi connectivity index (χ1n) is 10.5. The molecule has 4 N–H and O–H groups in total. The van der Waals surface area contributed by atoms with Gasteiger partial charge in [-0.2, -0.15) is 0 Å². The van der Waals surface area contributed by atoms with E-state index in [1.807, 2.05) is 55.6 Å². The normalized spacial score (nSPS) is 10.5. The zero-order valence-corrected chi connectivity index (χ0v) is 18.4. The maximum Gasteiger partial charge on any atom is 0.310 e. The average molecular weight is 433 g/mol. The van der Waals surface area contributed by atoms with Gasteiger partial charge in [-0.05, 0) is 53.9 Å². The summed E-state index contributed by atoms with van der Waals surface area (Å²) in [7, 11) is 1.82. The Morgan fingerprint density at radius 1 is 1.22 bits per heavy atom. The number of nitrogens with one attached hydrogen (secondary N) is 2. The van der Waals surface area contributed by atoms with Crippen molar-refractivity contribution in [2.75, 3.05) is 19.0 Å². The fourth-order valence-electron chi connectivity index (χ4n) is 3.47. The molecule has 0 aliphatic rings. The summed E-state index contributed by atoms with van der Waals surface area (Å²) in [6.45, 7) is 2.77. The SMILES string of the molecule is CCOC(=O)Cc1ccccc1OCc1cc(NC)c(C=N)c(-c2ccnc(CN)c2)c1. The predicted octanol–water partition coefficient (Wildman–Crippen LogP) is 3.93. The van der Waals surface area contributed by atoms with Crippen LogP contribution >= 0.6 is 0 Å². The molecule has 0 aliphatic heterocycles. The molecular formula is C25H28N4O3. The van der Waals surface area contributed by atoms with Gasteiger partial charge in [-0.3, -0.25) is 9.78 Å². The molecule has 1 aromatic heterocycles. The highest BCUT2D eigenvalue weighted by Crippen LogP contribution is 2.31. The third-order valence-electron chi connectivity index (χ3n) is 5.00. The lowest BCUT2D eigenvalue weighted by Crippen LogP contribution is -2.09. The maximum atomic E-state index is 11.9. The van der Waals surface area contributed by atoms with Gasteiger partial charge in [0.15, 0.2) is 0 Å². The Labute approximate surface area is 188 Å². The number of carbonyl (C=O) groups excluding carboxylic acids is 1. The lowest BCUT2D eigenvalue weighted by Gasteiger charge is -2.16. The Balaban J connectivity index is 1.91. The van der Waals surface area contributed by atoms with Crippen molar-refractivity contribution in [1.29, 1.82) is 5.41 Å². The highest BCUT2D eigenvalue weighted by Gasteiger charge is 2.13. The molecular weight excluding hydrogens is 404 g/mol. The zero-order chi connectivity index (χ0) is 22.9.